The average Bonchev–Trinajstić information content (AvgIpc) is 3.35. The highest BCUT2D eigenvalue weighted by Gasteiger charge is 2.18. The van der Waals surface area contributed by atoms with Gasteiger partial charge in [-0.1, -0.05) is 51.5 Å². The van der Waals surface area contributed by atoms with E-state index in [0.717, 1.165) is 43.4 Å². The van der Waals surface area contributed by atoms with Crippen LogP contribution in [0.1, 0.15) is 26.6 Å². The second kappa shape index (κ2) is 6.68. The molecule has 3 aromatic heterocycles. The normalized spacial score (nSPS) is 11.5. The molecule has 0 fully saturated rings. The maximum atomic E-state index is 11.8. The van der Waals surface area contributed by atoms with Crippen molar-refractivity contribution in [3.8, 4) is 11.3 Å². The van der Waals surface area contributed by atoms with Gasteiger partial charge in [0.05, 0.1) is 6.26 Å². The van der Waals surface area contributed by atoms with Crippen LogP contribution in [-0.4, -0.2) is 20.9 Å². The van der Waals surface area contributed by atoms with Crippen molar-refractivity contribution in [3.63, 3.8) is 0 Å². The summed E-state index contributed by atoms with van der Waals surface area (Å²) in [5, 5.41) is 6.61. The number of imidazole rings is 1. The number of hydrogen-bond acceptors (Lipinski definition) is 5. The molecule has 0 saturated heterocycles. The summed E-state index contributed by atoms with van der Waals surface area (Å²) in [4.78, 5) is 17.1. The van der Waals surface area contributed by atoms with Crippen LogP contribution in [-0.2, 0) is 6.42 Å². The Morgan fingerprint density at radius 1 is 1.21 bits per heavy atom. The summed E-state index contributed by atoms with van der Waals surface area (Å²) >= 11 is 4.91. The van der Waals surface area contributed by atoms with Crippen molar-refractivity contribution >= 4 is 49.5 Å². The van der Waals surface area contributed by atoms with Gasteiger partial charge in [0.15, 0.2) is 6.29 Å². The quantitative estimate of drug-likeness (QED) is 0.329. The standard InChI is InChI=1S/C21H14BrN3O2S/c1-12-2-7-16-14(11-27-18(16)8-12)9-19-24-25-17(10-26)20(23-21(25)28-19)13-3-5-15(22)6-4-13/h2-8,10-11H,9H2,1H3. The highest BCUT2D eigenvalue weighted by atomic mass is 79.9. The van der Waals surface area contributed by atoms with Crippen molar-refractivity contribution in [2.24, 2.45) is 0 Å². The number of aldehydes is 1. The molecule has 138 valence electrons. The number of aryl methyl sites for hydroxylation is 1. The van der Waals surface area contributed by atoms with Gasteiger partial charge >= 0.3 is 0 Å². The van der Waals surface area contributed by atoms with E-state index in [0.29, 0.717) is 22.8 Å². The second-order valence-corrected chi connectivity index (χ2v) is 8.55. The molecule has 5 nitrogen and oxygen atoms in total. The smallest absolute Gasteiger partial charge is 0.213 e. The molecule has 3 heterocycles. The molecule has 0 amide bonds. The molecule has 0 radical (unpaired) electrons. The third-order valence-electron chi connectivity index (χ3n) is 4.66. The van der Waals surface area contributed by atoms with E-state index < -0.39 is 0 Å². The van der Waals surface area contributed by atoms with Crippen molar-refractivity contribution < 1.29 is 9.21 Å². The lowest BCUT2D eigenvalue weighted by Crippen LogP contribution is -1.96. The molecule has 28 heavy (non-hydrogen) atoms. The van der Waals surface area contributed by atoms with E-state index in [1.165, 1.54) is 11.3 Å². The Labute approximate surface area is 172 Å². The molecule has 7 heteroatoms. The Hall–Kier alpha value is -2.77. The summed E-state index contributed by atoms with van der Waals surface area (Å²) in [7, 11) is 0. The lowest BCUT2D eigenvalue weighted by Gasteiger charge is -1.99. The fourth-order valence-electron chi connectivity index (χ4n) is 3.29. The van der Waals surface area contributed by atoms with Crippen LogP contribution < -0.4 is 0 Å². The molecule has 0 spiro atoms. The Morgan fingerprint density at radius 3 is 2.82 bits per heavy atom. The minimum atomic E-state index is 0.465. The number of furan rings is 1. The number of aromatic nitrogens is 3. The number of rotatable bonds is 4. The first-order valence-corrected chi connectivity index (χ1v) is 10.3. The molecule has 0 aliphatic rings. The third kappa shape index (κ3) is 2.87. The summed E-state index contributed by atoms with van der Waals surface area (Å²) in [6.45, 7) is 2.04. The molecule has 5 rings (SSSR count). The van der Waals surface area contributed by atoms with Gasteiger partial charge in [0.2, 0.25) is 4.96 Å². The molecule has 0 unspecified atom stereocenters. The fourth-order valence-corrected chi connectivity index (χ4v) is 4.48. The highest BCUT2D eigenvalue weighted by molar-refractivity contribution is 9.10. The van der Waals surface area contributed by atoms with Crippen LogP contribution in [0.5, 0.6) is 0 Å². The van der Waals surface area contributed by atoms with Gasteiger partial charge in [0.25, 0.3) is 0 Å². The van der Waals surface area contributed by atoms with Crippen molar-refractivity contribution in [2.75, 3.05) is 0 Å². The van der Waals surface area contributed by atoms with Crippen LogP contribution in [0.15, 0.2) is 57.6 Å². The second-order valence-electron chi connectivity index (χ2n) is 6.60. The fraction of sp³-hybridized carbons (Fsp3) is 0.0952. The zero-order chi connectivity index (χ0) is 19.3. The minimum absolute atomic E-state index is 0.465. The average molecular weight is 452 g/mol. The van der Waals surface area contributed by atoms with Gasteiger partial charge < -0.3 is 4.42 Å². The van der Waals surface area contributed by atoms with Crippen molar-refractivity contribution in [1.82, 2.24) is 14.6 Å². The maximum absolute atomic E-state index is 11.8. The number of nitrogens with zero attached hydrogens (tertiary/aromatic N) is 3. The van der Waals surface area contributed by atoms with Gasteiger partial charge in [-0.3, -0.25) is 4.79 Å². The first kappa shape index (κ1) is 17.3. The summed E-state index contributed by atoms with van der Waals surface area (Å²) in [6, 6.07) is 13.9. The minimum Gasteiger partial charge on any atom is -0.464 e. The molecule has 2 aromatic carbocycles. The highest BCUT2D eigenvalue weighted by Crippen LogP contribution is 2.29. The lowest BCUT2D eigenvalue weighted by molar-refractivity contribution is 0.111. The van der Waals surface area contributed by atoms with E-state index in [4.69, 9.17) is 4.42 Å². The zero-order valence-corrected chi connectivity index (χ0v) is 17.3. The van der Waals surface area contributed by atoms with E-state index in [2.05, 4.69) is 38.1 Å². The molecule has 0 N–H and O–H groups in total. The van der Waals surface area contributed by atoms with Gasteiger partial charge in [-0.25, -0.2) is 4.98 Å². The summed E-state index contributed by atoms with van der Waals surface area (Å²) in [5.41, 5.74) is 5.12. The topological polar surface area (TPSA) is 60.4 Å². The Bertz CT molecular complexity index is 1330. The lowest BCUT2D eigenvalue weighted by atomic mass is 10.1. The predicted molar refractivity (Wildman–Crippen MR) is 113 cm³/mol. The first-order valence-electron chi connectivity index (χ1n) is 8.68. The van der Waals surface area contributed by atoms with Crippen molar-refractivity contribution in [2.45, 2.75) is 13.3 Å². The molecular weight excluding hydrogens is 438 g/mol. The van der Waals surface area contributed by atoms with Crippen LogP contribution in [0, 0.1) is 6.92 Å². The van der Waals surface area contributed by atoms with Crippen LogP contribution in [0.2, 0.25) is 0 Å². The van der Waals surface area contributed by atoms with Crippen molar-refractivity contribution in [3.05, 3.63) is 75.0 Å². The Kier molecular flexibility index (Phi) is 4.14. The Morgan fingerprint density at radius 2 is 2.04 bits per heavy atom. The predicted octanol–water partition coefficient (Wildman–Crippen LogP) is 5.68. The van der Waals surface area contributed by atoms with Crippen LogP contribution in [0.4, 0.5) is 0 Å². The van der Waals surface area contributed by atoms with Gasteiger partial charge in [-0.15, -0.1) is 0 Å². The van der Waals surface area contributed by atoms with E-state index in [-0.39, 0.29) is 0 Å². The van der Waals surface area contributed by atoms with E-state index in [9.17, 15) is 4.79 Å². The maximum Gasteiger partial charge on any atom is 0.213 e. The molecular formula is C21H14BrN3O2S. The zero-order valence-electron chi connectivity index (χ0n) is 14.8. The number of carbonyl (C=O) groups excluding carboxylic acids is 1. The molecule has 5 aromatic rings. The van der Waals surface area contributed by atoms with Crippen LogP contribution in [0.25, 0.3) is 27.2 Å². The number of hydrogen-bond donors (Lipinski definition) is 0. The van der Waals surface area contributed by atoms with Gasteiger partial charge in [-0.05, 0) is 30.7 Å². The molecule has 0 atom stereocenters. The summed E-state index contributed by atoms with van der Waals surface area (Å²) in [5.74, 6) is 0. The number of fused-ring (bicyclic) bond motifs is 2. The number of benzene rings is 2. The molecule has 0 saturated carbocycles. The Balaban J connectivity index is 1.54. The number of carbonyl (C=O) groups is 1. The first-order chi connectivity index (χ1) is 13.6. The van der Waals surface area contributed by atoms with Gasteiger partial charge in [0, 0.05) is 27.4 Å². The molecule has 0 aliphatic carbocycles. The molecule has 0 aliphatic heterocycles. The van der Waals surface area contributed by atoms with Crippen LogP contribution in [0.3, 0.4) is 0 Å². The van der Waals surface area contributed by atoms with Gasteiger partial charge in [-0.2, -0.15) is 9.61 Å². The SMILES string of the molecule is Cc1ccc2c(Cc3nn4c(C=O)c(-c5ccc(Br)cc5)nc4s3)coc2c1. The van der Waals surface area contributed by atoms with Crippen LogP contribution >= 0.6 is 27.3 Å². The summed E-state index contributed by atoms with van der Waals surface area (Å²) in [6.07, 6.45) is 3.23. The van der Waals surface area contributed by atoms with Crippen molar-refractivity contribution in [1.29, 1.82) is 0 Å². The monoisotopic (exact) mass is 451 g/mol. The van der Waals surface area contributed by atoms with E-state index in [1.54, 1.807) is 10.8 Å². The summed E-state index contributed by atoms with van der Waals surface area (Å²) < 4.78 is 8.30. The van der Waals surface area contributed by atoms with E-state index >= 15 is 0 Å². The number of halogens is 1. The largest absolute Gasteiger partial charge is 0.464 e. The third-order valence-corrected chi connectivity index (χ3v) is 6.10. The van der Waals surface area contributed by atoms with Gasteiger partial charge in [0.1, 0.15) is 22.0 Å². The van der Waals surface area contributed by atoms with E-state index in [1.807, 2.05) is 37.3 Å². The molecule has 0 bridgehead atoms.